The molecule has 2 aromatic heterocycles. The van der Waals surface area contributed by atoms with Gasteiger partial charge in [-0.1, -0.05) is 62.4 Å². The second-order valence-electron chi connectivity index (χ2n) is 10.3. The third-order valence-electron chi connectivity index (χ3n) is 7.24. The molecule has 0 spiro atoms. The standard InChI is InChI=1S/C28H33N7O2/c1-18(2)7-16-25-29-27(21-12-14-22(15-13-21)28(36)37)35(32-25)17-19-8-10-20(11-9-19)23-5-3-4-6-24(23)26-30-33-34-31-26/h3-6,8-11,18,21-22H,7,12-17H2,1-2H3,(H,36,37)(H,30,31,33,34). The van der Waals surface area contributed by atoms with Crippen LogP contribution in [0.15, 0.2) is 48.5 Å². The van der Waals surface area contributed by atoms with E-state index in [-0.39, 0.29) is 11.8 Å². The van der Waals surface area contributed by atoms with E-state index < -0.39 is 5.97 Å². The summed E-state index contributed by atoms with van der Waals surface area (Å²) in [6.07, 6.45) is 4.97. The fourth-order valence-electron chi connectivity index (χ4n) is 5.11. The Bertz CT molecular complexity index is 1320. The minimum atomic E-state index is -0.682. The zero-order valence-corrected chi connectivity index (χ0v) is 21.3. The average Bonchev–Trinajstić information content (AvgIpc) is 3.59. The molecule has 0 aliphatic heterocycles. The second kappa shape index (κ2) is 11.0. The maximum Gasteiger partial charge on any atom is 0.306 e. The molecule has 9 nitrogen and oxygen atoms in total. The van der Waals surface area contributed by atoms with Crippen LogP contribution < -0.4 is 0 Å². The van der Waals surface area contributed by atoms with E-state index in [4.69, 9.17) is 10.1 Å². The number of hydrogen-bond acceptors (Lipinski definition) is 6. The molecule has 0 saturated heterocycles. The van der Waals surface area contributed by atoms with Crippen molar-refractivity contribution in [2.75, 3.05) is 0 Å². The lowest BCUT2D eigenvalue weighted by molar-refractivity contribution is -0.142. The molecular formula is C28H33N7O2. The number of nitrogens with one attached hydrogen (secondary N) is 1. The predicted octanol–water partition coefficient (Wildman–Crippen LogP) is 5.12. The highest BCUT2D eigenvalue weighted by atomic mass is 16.4. The van der Waals surface area contributed by atoms with Crippen molar-refractivity contribution in [2.45, 2.75) is 64.8 Å². The quantitative estimate of drug-likeness (QED) is 0.328. The SMILES string of the molecule is CC(C)CCc1nc(C2CCC(C(=O)O)CC2)n(Cc2ccc(-c3ccccc3-c3nn[nH]n3)cc2)n1. The molecule has 5 rings (SSSR count). The van der Waals surface area contributed by atoms with Crippen LogP contribution in [0.2, 0.25) is 0 Å². The van der Waals surface area contributed by atoms with Crippen LogP contribution in [0.4, 0.5) is 0 Å². The zero-order chi connectivity index (χ0) is 25.8. The fraction of sp³-hybridized carbons (Fsp3) is 0.429. The first-order valence-electron chi connectivity index (χ1n) is 13.1. The van der Waals surface area contributed by atoms with Crippen molar-refractivity contribution in [2.24, 2.45) is 11.8 Å². The number of tetrazole rings is 1. The molecule has 4 aromatic rings. The molecule has 1 aliphatic carbocycles. The number of aromatic amines is 1. The molecule has 1 fully saturated rings. The van der Waals surface area contributed by atoms with Crippen LogP contribution >= 0.6 is 0 Å². The number of rotatable bonds is 9. The van der Waals surface area contributed by atoms with Crippen molar-refractivity contribution in [1.29, 1.82) is 0 Å². The largest absolute Gasteiger partial charge is 0.481 e. The highest BCUT2D eigenvalue weighted by molar-refractivity contribution is 5.80. The van der Waals surface area contributed by atoms with Crippen molar-refractivity contribution in [3.8, 4) is 22.5 Å². The van der Waals surface area contributed by atoms with Crippen LogP contribution in [0.5, 0.6) is 0 Å². The van der Waals surface area contributed by atoms with Crippen LogP contribution in [0.1, 0.15) is 69.1 Å². The van der Waals surface area contributed by atoms with E-state index in [1.807, 2.05) is 22.9 Å². The fourth-order valence-corrected chi connectivity index (χ4v) is 5.11. The lowest BCUT2D eigenvalue weighted by Crippen LogP contribution is -2.22. The Morgan fingerprint density at radius 1 is 1.05 bits per heavy atom. The van der Waals surface area contributed by atoms with Gasteiger partial charge in [-0.2, -0.15) is 10.3 Å². The van der Waals surface area contributed by atoms with E-state index in [0.717, 1.165) is 59.6 Å². The van der Waals surface area contributed by atoms with E-state index in [2.05, 4.69) is 64.8 Å². The number of carboxylic acid groups (broad SMARTS) is 1. The van der Waals surface area contributed by atoms with Crippen molar-refractivity contribution >= 4 is 5.97 Å². The van der Waals surface area contributed by atoms with E-state index in [0.29, 0.717) is 31.1 Å². The van der Waals surface area contributed by atoms with E-state index >= 15 is 0 Å². The van der Waals surface area contributed by atoms with Gasteiger partial charge >= 0.3 is 5.97 Å². The maximum atomic E-state index is 11.4. The Balaban J connectivity index is 1.37. The summed E-state index contributed by atoms with van der Waals surface area (Å²) < 4.78 is 2.05. The molecule has 0 atom stereocenters. The smallest absolute Gasteiger partial charge is 0.306 e. The first kappa shape index (κ1) is 24.8. The molecule has 9 heteroatoms. The second-order valence-corrected chi connectivity index (χ2v) is 10.3. The van der Waals surface area contributed by atoms with Gasteiger partial charge in [0.1, 0.15) is 5.82 Å². The van der Waals surface area contributed by atoms with Crippen molar-refractivity contribution in [3.63, 3.8) is 0 Å². The van der Waals surface area contributed by atoms with Crippen LogP contribution in [0, 0.1) is 11.8 Å². The number of H-pyrrole nitrogens is 1. The Labute approximate surface area is 216 Å². The molecule has 1 aliphatic rings. The van der Waals surface area contributed by atoms with Crippen molar-refractivity contribution in [1.82, 2.24) is 35.4 Å². The predicted molar refractivity (Wildman–Crippen MR) is 140 cm³/mol. The minimum absolute atomic E-state index is 0.240. The molecule has 0 bridgehead atoms. The Hall–Kier alpha value is -3.88. The Kier molecular flexibility index (Phi) is 7.39. The number of nitrogens with zero attached hydrogens (tertiary/aromatic N) is 6. The summed E-state index contributed by atoms with van der Waals surface area (Å²) in [5.74, 6) is 2.36. The lowest BCUT2D eigenvalue weighted by atomic mass is 9.81. The molecule has 37 heavy (non-hydrogen) atoms. The third-order valence-corrected chi connectivity index (χ3v) is 7.24. The van der Waals surface area contributed by atoms with Gasteiger partial charge in [0.15, 0.2) is 5.82 Å². The van der Waals surface area contributed by atoms with Crippen LogP contribution in [-0.2, 0) is 17.8 Å². The zero-order valence-electron chi connectivity index (χ0n) is 21.3. The summed E-state index contributed by atoms with van der Waals surface area (Å²) >= 11 is 0. The van der Waals surface area contributed by atoms with Gasteiger partial charge in [0.05, 0.1) is 12.5 Å². The molecule has 192 valence electrons. The van der Waals surface area contributed by atoms with Crippen molar-refractivity contribution in [3.05, 3.63) is 65.7 Å². The highest BCUT2D eigenvalue weighted by Gasteiger charge is 2.30. The number of carbonyl (C=O) groups is 1. The number of benzene rings is 2. The van der Waals surface area contributed by atoms with Gasteiger partial charge in [-0.25, -0.2) is 9.67 Å². The number of hydrogen-bond donors (Lipinski definition) is 2. The number of aliphatic carboxylic acids is 1. The monoisotopic (exact) mass is 499 g/mol. The summed E-state index contributed by atoms with van der Waals surface area (Å²) in [6.45, 7) is 5.06. The molecule has 0 radical (unpaired) electrons. The van der Waals surface area contributed by atoms with Crippen molar-refractivity contribution < 1.29 is 9.90 Å². The summed E-state index contributed by atoms with van der Waals surface area (Å²) in [6, 6.07) is 16.5. The van der Waals surface area contributed by atoms with E-state index in [1.165, 1.54) is 0 Å². The molecule has 2 aromatic carbocycles. The molecule has 2 N–H and O–H groups in total. The maximum absolute atomic E-state index is 11.4. The number of carboxylic acids is 1. The first-order chi connectivity index (χ1) is 18.0. The topological polar surface area (TPSA) is 122 Å². The third kappa shape index (κ3) is 5.76. The highest BCUT2D eigenvalue weighted by Crippen LogP contribution is 2.36. The minimum Gasteiger partial charge on any atom is -0.481 e. The summed E-state index contributed by atoms with van der Waals surface area (Å²) in [5.41, 5.74) is 4.19. The van der Waals surface area contributed by atoms with Gasteiger partial charge < -0.3 is 5.11 Å². The molecule has 2 heterocycles. The Morgan fingerprint density at radius 2 is 1.78 bits per heavy atom. The van der Waals surface area contributed by atoms with Crippen LogP contribution in [0.3, 0.4) is 0 Å². The normalized spacial score (nSPS) is 17.8. The summed E-state index contributed by atoms with van der Waals surface area (Å²) in [7, 11) is 0. The molecule has 0 unspecified atom stereocenters. The molecule has 1 saturated carbocycles. The van der Waals surface area contributed by atoms with Gasteiger partial charge in [0.25, 0.3) is 0 Å². The van der Waals surface area contributed by atoms with Gasteiger partial charge in [-0.3, -0.25) is 4.79 Å². The van der Waals surface area contributed by atoms with Gasteiger partial charge in [0.2, 0.25) is 5.82 Å². The van der Waals surface area contributed by atoms with E-state index in [9.17, 15) is 9.90 Å². The van der Waals surface area contributed by atoms with E-state index in [1.54, 1.807) is 0 Å². The summed E-state index contributed by atoms with van der Waals surface area (Å²) in [4.78, 5) is 16.4. The van der Waals surface area contributed by atoms with Gasteiger partial charge in [0, 0.05) is 17.9 Å². The number of aromatic nitrogens is 7. The van der Waals surface area contributed by atoms with Gasteiger partial charge in [-0.15, -0.1) is 10.2 Å². The lowest BCUT2D eigenvalue weighted by Gasteiger charge is -2.25. The van der Waals surface area contributed by atoms with Crippen LogP contribution in [0.25, 0.3) is 22.5 Å². The first-order valence-corrected chi connectivity index (χ1v) is 13.1. The Morgan fingerprint density at radius 3 is 2.43 bits per heavy atom. The summed E-state index contributed by atoms with van der Waals surface area (Å²) in [5, 5.41) is 28.8. The van der Waals surface area contributed by atoms with Gasteiger partial charge in [-0.05, 0) is 59.9 Å². The molecule has 0 amide bonds. The molecular weight excluding hydrogens is 466 g/mol. The average molecular weight is 500 g/mol. The number of aryl methyl sites for hydroxylation is 1. The van der Waals surface area contributed by atoms with Crippen LogP contribution in [-0.4, -0.2) is 46.5 Å².